The maximum atomic E-state index is 14.4. The Morgan fingerprint density at radius 3 is 2.30 bits per heavy atom. The molecule has 6 heteroatoms. The summed E-state index contributed by atoms with van der Waals surface area (Å²) < 4.78 is 27.8. The molecule has 0 bridgehead atoms. The van der Waals surface area contributed by atoms with Gasteiger partial charge in [0, 0.05) is 22.2 Å². The van der Waals surface area contributed by atoms with Crippen LogP contribution in [0.3, 0.4) is 0 Å². The minimum absolute atomic E-state index is 0.0396. The minimum Gasteiger partial charge on any atom is -0.288 e. The second-order valence-electron chi connectivity index (χ2n) is 7.38. The average molecular weight is 430 g/mol. The van der Waals surface area contributed by atoms with E-state index < -0.39 is 23.4 Å². The molecule has 30 heavy (non-hydrogen) atoms. The van der Waals surface area contributed by atoms with Crippen molar-refractivity contribution in [2.45, 2.75) is 32.1 Å². The van der Waals surface area contributed by atoms with E-state index in [0.29, 0.717) is 22.2 Å². The highest BCUT2D eigenvalue weighted by Gasteiger charge is 2.25. The highest BCUT2D eigenvalue weighted by atomic mass is 35.5. The molecule has 0 radical (unpaired) electrons. The molecule has 0 aliphatic heterocycles. The molecule has 1 aliphatic rings. The fourth-order valence-corrected chi connectivity index (χ4v) is 3.71. The second-order valence-corrected chi connectivity index (χ2v) is 7.81. The maximum absolute atomic E-state index is 14.4. The van der Waals surface area contributed by atoms with Crippen molar-refractivity contribution in [1.82, 2.24) is 5.32 Å². The fraction of sp³-hybridized carbons (Fsp3) is 0.250. The molecule has 0 spiro atoms. The molecule has 0 heterocycles. The molecular weight excluding hydrogens is 408 g/mol. The zero-order valence-corrected chi connectivity index (χ0v) is 17.1. The van der Waals surface area contributed by atoms with Gasteiger partial charge in [0.05, 0.1) is 5.57 Å². The van der Waals surface area contributed by atoms with Crippen LogP contribution in [0.2, 0.25) is 5.02 Å². The van der Waals surface area contributed by atoms with Crippen molar-refractivity contribution in [3.63, 3.8) is 0 Å². The first-order valence-electron chi connectivity index (χ1n) is 9.82. The molecule has 2 amide bonds. The van der Waals surface area contributed by atoms with Crippen LogP contribution in [-0.4, -0.2) is 11.8 Å². The van der Waals surface area contributed by atoms with E-state index in [2.05, 4.69) is 11.9 Å². The van der Waals surface area contributed by atoms with Gasteiger partial charge in [-0.1, -0.05) is 49.6 Å². The zero-order valence-electron chi connectivity index (χ0n) is 16.4. The number of hydrogen-bond acceptors (Lipinski definition) is 2. The SMILES string of the molecule is C=C(C(=O)NC(=O)/C(=C/c1ccc(Cl)cc1)c1ccc(F)cc1F)C1CCCCC1. The van der Waals surface area contributed by atoms with Crippen molar-refractivity contribution in [2.75, 3.05) is 0 Å². The molecule has 156 valence electrons. The van der Waals surface area contributed by atoms with Gasteiger partial charge in [-0.25, -0.2) is 8.78 Å². The predicted octanol–water partition coefficient (Wildman–Crippen LogP) is 5.94. The van der Waals surface area contributed by atoms with Crippen LogP contribution in [0.15, 0.2) is 54.6 Å². The van der Waals surface area contributed by atoms with Gasteiger partial charge in [0.25, 0.3) is 11.8 Å². The van der Waals surface area contributed by atoms with Gasteiger partial charge in [-0.15, -0.1) is 0 Å². The van der Waals surface area contributed by atoms with Crippen LogP contribution in [0.1, 0.15) is 43.2 Å². The fourth-order valence-electron chi connectivity index (χ4n) is 3.59. The van der Waals surface area contributed by atoms with Crippen LogP contribution >= 0.6 is 11.6 Å². The Hall–Kier alpha value is -2.79. The molecule has 0 unspecified atom stereocenters. The Morgan fingerprint density at radius 1 is 1.00 bits per heavy atom. The molecule has 0 atom stereocenters. The zero-order chi connectivity index (χ0) is 21.7. The highest BCUT2D eigenvalue weighted by molar-refractivity contribution is 6.31. The molecule has 0 aromatic heterocycles. The Morgan fingerprint density at radius 2 is 1.67 bits per heavy atom. The van der Waals surface area contributed by atoms with Crippen LogP contribution in [0.4, 0.5) is 8.78 Å². The van der Waals surface area contributed by atoms with Crippen molar-refractivity contribution in [1.29, 1.82) is 0 Å². The standard InChI is InChI=1S/C24H22ClF2NO2/c1-15(17-5-3-2-4-6-17)23(29)28-24(30)21(13-16-7-9-18(25)10-8-16)20-12-11-19(26)14-22(20)27/h7-14,17H,1-6H2,(H,28,29,30)/b21-13+. The van der Waals surface area contributed by atoms with Crippen molar-refractivity contribution in [2.24, 2.45) is 5.92 Å². The predicted molar refractivity (Wildman–Crippen MR) is 115 cm³/mol. The number of benzene rings is 2. The summed E-state index contributed by atoms with van der Waals surface area (Å²) >= 11 is 5.89. The molecule has 1 saturated carbocycles. The van der Waals surface area contributed by atoms with E-state index in [9.17, 15) is 18.4 Å². The third-order valence-electron chi connectivity index (χ3n) is 5.26. The number of imide groups is 1. The number of hydrogen-bond donors (Lipinski definition) is 1. The number of amides is 2. The van der Waals surface area contributed by atoms with Crippen molar-refractivity contribution < 1.29 is 18.4 Å². The number of nitrogens with one attached hydrogen (secondary N) is 1. The van der Waals surface area contributed by atoms with E-state index in [0.717, 1.165) is 38.2 Å². The van der Waals surface area contributed by atoms with E-state index in [1.165, 1.54) is 12.1 Å². The summed E-state index contributed by atoms with van der Waals surface area (Å²) in [6.45, 7) is 3.86. The van der Waals surface area contributed by atoms with Gasteiger partial charge in [0.2, 0.25) is 0 Å². The first-order chi connectivity index (χ1) is 14.3. The smallest absolute Gasteiger partial charge is 0.258 e. The summed E-state index contributed by atoms with van der Waals surface area (Å²) in [4.78, 5) is 25.5. The van der Waals surface area contributed by atoms with E-state index in [4.69, 9.17) is 11.6 Å². The lowest BCUT2D eigenvalue weighted by atomic mass is 9.84. The van der Waals surface area contributed by atoms with Gasteiger partial charge < -0.3 is 0 Å². The second kappa shape index (κ2) is 9.81. The lowest BCUT2D eigenvalue weighted by Gasteiger charge is -2.23. The summed E-state index contributed by atoms with van der Waals surface area (Å²) in [6, 6.07) is 9.48. The van der Waals surface area contributed by atoms with Gasteiger partial charge in [-0.05, 0) is 54.7 Å². The first-order valence-corrected chi connectivity index (χ1v) is 10.2. The van der Waals surface area contributed by atoms with Crippen LogP contribution in [0, 0.1) is 17.6 Å². The minimum atomic E-state index is -0.899. The molecule has 0 saturated heterocycles. The number of carbonyl (C=O) groups excluding carboxylic acids is 2. The van der Waals surface area contributed by atoms with E-state index in [1.807, 2.05) is 0 Å². The van der Waals surface area contributed by atoms with Gasteiger partial charge in [-0.3, -0.25) is 14.9 Å². The quantitative estimate of drug-likeness (QED) is 0.472. The third-order valence-corrected chi connectivity index (χ3v) is 5.52. The van der Waals surface area contributed by atoms with Crippen molar-refractivity contribution in [3.8, 4) is 0 Å². The van der Waals surface area contributed by atoms with E-state index in [1.54, 1.807) is 24.3 Å². The number of rotatable bonds is 5. The van der Waals surface area contributed by atoms with Crippen LogP contribution in [0.5, 0.6) is 0 Å². The lowest BCUT2D eigenvalue weighted by molar-refractivity contribution is -0.125. The van der Waals surface area contributed by atoms with E-state index >= 15 is 0 Å². The molecule has 1 fully saturated rings. The lowest BCUT2D eigenvalue weighted by Crippen LogP contribution is -2.34. The summed E-state index contributed by atoms with van der Waals surface area (Å²) in [7, 11) is 0. The molecule has 3 nitrogen and oxygen atoms in total. The largest absolute Gasteiger partial charge is 0.288 e. The normalized spacial score (nSPS) is 15.0. The summed E-state index contributed by atoms with van der Waals surface area (Å²) in [5.74, 6) is -2.97. The molecular formula is C24H22ClF2NO2. The maximum Gasteiger partial charge on any atom is 0.258 e. The average Bonchev–Trinajstić information content (AvgIpc) is 2.74. The Bertz CT molecular complexity index is 993. The first kappa shape index (κ1) is 21.9. The number of carbonyl (C=O) groups is 2. The molecule has 1 aliphatic carbocycles. The van der Waals surface area contributed by atoms with Crippen LogP contribution < -0.4 is 5.32 Å². The Kier molecular flexibility index (Phi) is 7.16. The molecule has 2 aromatic rings. The van der Waals surface area contributed by atoms with Gasteiger partial charge in [-0.2, -0.15) is 0 Å². The molecule has 1 N–H and O–H groups in total. The Labute approximate surface area is 179 Å². The van der Waals surface area contributed by atoms with Crippen molar-refractivity contribution >= 4 is 35.1 Å². The molecule has 2 aromatic carbocycles. The monoisotopic (exact) mass is 429 g/mol. The third kappa shape index (κ3) is 5.42. The van der Waals surface area contributed by atoms with Gasteiger partial charge in [0.15, 0.2) is 0 Å². The van der Waals surface area contributed by atoms with Crippen LogP contribution in [0.25, 0.3) is 11.6 Å². The van der Waals surface area contributed by atoms with Crippen molar-refractivity contribution in [3.05, 3.63) is 82.4 Å². The van der Waals surface area contributed by atoms with Crippen LogP contribution in [-0.2, 0) is 9.59 Å². The van der Waals surface area contributed by atoms with Gasteiger partial charge >= 0.3 is 0 Å². The summed E-state index contributed by atoms with van der Waals surface area (Å²) in [5, 5.41) is 2.82. The van der Waals surface area contributed by atoms with Gasteiger partial charge in [0.1, 0.15) is 11.6 Å². The highest BCUT2D eigenvalue weighted by Crippen LogP contribution is 2.29. The summed E-state index contributed by atoms with van der Waals surface area (Å²) in [6.07, 6.45) is 6.32. The Balaban J connectivity index is 1.89. The van der Waals surface area contributed by atoms with E-state index in [-0.39, 0.29) is 17.1 Å². The molecule has 3 rings (SSSR count). The number of halogens is 3. The summed E-state index contributed by atoms with van der Waals surface area (Å²) in [5.41, 5.74) is 0.722. The topological polar surface area (TPSA) is 46.2 Å².